The van der Waals surface area contributed by atoms with Crippen LogP contribution in [0.4, 0.5) is 5.69 Å². The van der Waals surface area contributed by atoms with Gasteiger partial charge in [0.2, 0.25) is 5.91 Å². The lowest BCUT2D eigenvalue weighted by Crippen LogP contribution is -2.30. The van der Waals surface area contributed by atoms with Crippen molar-refractivity contribution in [2.75, 3.05) is 5.32 Å². The Morgan fingerprint density at radius 3 is 2.57 bits per heavy atom. The van der Waals surface area contributed by atoms with E-state index in [-0.39, 0.29) is 11.8 Å². The Morgan fingerprint density at radius 2 is 1.95 bits per heavy atom. The van der Waals surface area contributed by atoms with Crippen LogP contribution in [0.3, 0.4) is 0 Å². The van der Waals surface area contributed by atoms with E-state index >= 15 is 0 Å². The second-order valence-electron chi connectivity index (χ2n) is 6.08. The molecule has 1 aromatic carbocycles. The van der Waals surface area contributed by atoms with Gasteiger partial charge >= 0.3 is 5.97 Å². The predicted octanol–water partition coefficient (Wildman–Crippen LogP) is 3.24. The maximum Gasteiger partial charge on any atom is 0.307 e. The van der Waals surface area contributed by atoms with Gasteiger partial charge in [-0.25, -0.2) is 0 Å². The monoisotopic (exact) mass is 289 g/mol. The minimum atomic E-state index is -0.861. The van der Waals surface area contributed by atoms with Crippen molar-refractivity contribution in [3.63, 3.8) is 0 Å². The summed E-state index contributed by atoms with van der Waals surface area (Å²) < 4.78 is 0. The summed E-state index contributed by atoms with van der Waals surface area (Å²) in [6.07, 6.45) is 2.07. The first-order valence-electron chi connectivity index (χ1n) is 7.56. The Morgan fingerprint density at radius 1 is 1.29 bits per heavy atom. The molecule has 2 N–H and O–H groups in total. The molecule has 114 valence electrons. The first kappa shape index (κ1) is 15.5. The smallest absolute Gasteiger partial charge is 0.307 e. The minimum Gasteiger partial charge on any atom is -0.481 e. The molecule has 1 saturated carbocycles. The number of aliphatic carboxylic acids is 1. The molecule has 2 rings (SSSR count). The van der Waals surface area contributed by atoms with Crippen LogP contribution in [0.2, 0.25) is 0 Å². The number of benzene rings is 1. The third kappa shape index (κ3) is 3.26. The number of anilines is 1. The van der Waals surface area contributed by atoms with Gasteiger partial charge in [0.25, 0.3) is 0 Å². The molecular weight excluding hydrogens is 266 g/mol. The van der Waals surface area contributed by atoms with Crippen molar-refractivity contribution < 1.29 is 14.7 Å². The summed E-state index contributed by atoms with van der Waals surface area (Å²) in [5.41, 5.74) is 2.94. The molecule has 0 spiro atoms. The van der Waals surface area contributed by atoms with Gasteiger partial charge in [0.05, 0.1) is 11.8 Å². The average Bonchev–Trinajstić information content (AvgIpc) is 2.83. The fourth-order valence-electron chi connectivity index (χ4n) is 3.27. The quantitative estimate of drug-likeness (QED) is 0.894. The van der Waals surface area contributed by atoms with Crippen LogP contribution < -0.4 is 5.32 Å². The second kappa shape index (κ2) is 6.29. The van der Waals surface area contributed by atoms with Gasteiger partial charge in [-0.15, -0.1) is 0 Å². The molecule has 1 aromatic rings. The van der Waals surface area contributed by atoms with Crippen LogP contribution in [0.25, 0.3) is 0 Å². The van der Waals surface area contributed by atoms with E-state index in [0.29, 0.717) is 12.8 Å². The van der Waals surface area contributed by atoms with Crippen LogP contribution in [0.1, 0.15) is 37.8 Å². The fraction of sp³-hybridized carbons (Fsp3) is 0.529. The molecule has 3 unspecified atom stereocenters. The number of carbonyl (C=O) groups is 2. The number of rotatable bonds is 4. The highest BCUT2D eigenvalue weighted by molar-refractivity contribution is 5.96. The Labute approximate surface area is 125 Å². The summed E-state index contributed by atoms with van der Waals surface area (Å²) in [7, 11) is 0. The Kier molecular flexibility index (Phi) is 4.66. The molecule has 4 heteroatoms. The lowest BCUT2D eigenvalue weighted by Gasteiger charge is -2.18. The molecule has 0 aromatic heterocycles. The van der Waals surface area contributed by atoms with Gasteiger partial charge in [-0.2, -0.15) is 0 Å². The maximum absolute atomic E-state index is 12.5. The van der Waals surface area contributed by atoms with Crippen molar-refractivity contribution in [1.29, 1.82) is 0 Å². The summed E-state index contributed by atoms with van der Waals surface area (Å²) in [6, 6.07) is 5.93. The molecule has 1 aliphatic carbocycles. The first-order chi connectivity index (χ1) is 9.93. The molecule has 1 fully saturated rings. The van der Waals surface area contributed by atoms with Crippen LogP contribution in [-0.2, 0) is 16.0 Å². The third-order valence-corrected chi connectivity index (χ3v) is 4.44. The van der Waals surface area contributed by atoms with Gasteiger partial charge in [-0.1, -0.05) is 32.0 Å². The van der Waals surface area contributed by atoms with Gasteiger partial charge in [0.1, 0.15) is 0 Å². The highest BCUT2D eigenvalue weighted by Crippen LogP contribution is 2.37. The van der Waals surface area contributed by atoms with Crippen LogP contribution in [0.5, 0.6) is 0 Å². The SMILES string of the molecule is CCc1cccc(C)c1NC(=O)C1CC(C)CC1C(=O)O. The van der Waals surface area contributed by atoms with Gasteiger partial charge in [-0.05, 0) is 43.2 Å². The number of para-hydroxylation sites is 1. The molecule has 0 saturated heterocycles. The maximum atomic E-state index is 12.5. The van der Waals surface area contributed by atoms with E-state index in [1.165, 1.54) is 0 Å². The van der Waals surface area contributed by atoms with Crippen molar-refractivity contribution in [2.45, 2.75) is 40.0 Å². The zero-order valence-electron chi connectivity index (χ0n) is 12.8. The molecule has 1 amide bonds. The number of carboxylic acid groups (broad SMARTS) is 1. The van der Waals surface area contributed by atoms with Crippen molar-refractivity contribution in [1.82, 2.24) is 0 Å². The number of aryl methyl sites for hydroxylation is 2. The molecule has 0 bridgehead atoms. The molecule has 1 aliphatic rings. The van der Waals surface area contributed by atoms with Crippen molar-refractivity contribution >= 4 is 17.6 Å². The van der Waals surface area contributed by atoms with Gasteiger partial charge in [-0.3, -0.25) is 9.59 Å². The summed E-state index contributed by atoms with van der Waals surface area (Å²) >= 11 is 0. The normalized spacial score (nSPS) is 24.8. The first-order valence-corrected chi connectivity index (χ1v) is 7.56. The van der Waals surface area contributed by atoms with Gasteiger partial charge < -0.3 is 10.4 Å². The fourth-order valence-corrected chi connectivity index (χ4v) is 3.27. The number of amides is 1. The van der Waals surface area contributed by atoms with E-state index < -0.39 is 17.8 Å². The number of hydrogen-bond donors (Lipinski definition) is 2. The molecule has 21 heavy (non-hydrogen) atoms. The van der Waals surface area contributed by atoms with E-state index in [9.17, 15) is 14.7 Å². The van der Waals surface area contributed by atoms with Crippen LogP contribution in [0, 0.1) is 24.7 Å². The second-order valence-corrected chi connectivity index (χ2v) is 6.08. The van der Waals surface area contributed by atoms with Crippen LogP contribution in [0.15, 0.2) is 18.2 Å². The number of carbonyl (C=O) groups excluding carboxylic acids is 1. The lowest BCUT2D eigenvalue weighted by molar-refractivity contribution is -0.145. The highest BCUT2D eigenvalue weighted by atomic mass is 16.4. The van der Waals surface area contributed by atoms with Crippen molar-refractivity contribution in [3.05, 3.63) is 29.3 Å². The van der Waals surface area contributed by atoms with Crippen molar-refractivity contribution in [3.8, 4) is 0 Å². The Bertz CT molecular complexity index is 553. The molecule has 0 radical (unpaired) electrons. The summed E-state index contributed by atoms with van der Waals surface area (Å²) in [5, 5.41) is 12.3. The lowest BCUT2D eigenvalue weighted by atomic mass is 9.95. The van der Waals surface area contributed by atoms with Crippen LogP contribution in [-0.4, -0.2) is 17.0 Å². The summed E-state index contributed by atoms with van der Waals surface area (Å²) in [6.45, 7) is 6.01. The molecule has 3 atom stereocenters. The molecule has 4 nitrogen and oxygen atoms in total. The van der Waals surface area contributed by atoms with Crippen LogP contribution >= 0.6 is 0 Å². The highest BCUT2D eigenvalue weighted by Gasteiger charge is 2.41. The third-order valence-electron chi connectivity index (χ3n) is 4.44. The number of hydrogen-bond acceptors (Lipinski definition) is 2. The number of carboxylic acids is 1. The Balaban J connectivity index is 2.20. The zero-order valence-corrected chi connectivity index (χ0v) is 12.8. The molecule has 0 aliphatic heterocycles. The predicted molar refractivity (Wildman–Crippen MR) is 82.2 cm³/mol. The van der Waals surface area contributed by atoms with E-state index in [0.717, 1.165) is 23.2 Å². The van der Waals surface area contributed by atoms with E-state index in [2.05, 4.69) is 5.32 Å². The Hall–Kier alpha value is -1.84. The minimum absolute atomic E-state index is 0.157. The summed E-state index contributed by atoms with van der Waals surface area (Å²) in [5.74, 6) is -1.73. The number of nitrogens with one attached hydrogen (secondary N) is 1. The largest absolute Gasteiger partial charge is 0.481 e. The van der Waals surface area contributed by atoms with E-state index in [4.69, 9.17) is 0 Å². The standard InChI is InChI=1S/C17H23NO3/c1-4-12-7-5-6-11(3)15(12)18-16(19)13-8-10(2)9-14(13)17(20)21/h5-7,10,13-14H,4,8-9H2,1-3H3,(H,18,19)(H,20,21). The molecular formula is C17H23NO3. The van der Waals surface area contributed by atoms with Gasteiger partial charge in [0, 0.05) is 5.69 Å². The van der Waals surface area contributed by atoms with E-state index in [1.54, 1.807) is 0 Å². The van der Waals surface area contributed by atoms with Crippen molar-refractivity contribution in [2.24, 2.45) is 17.8 Å². The van der Waals surface area contributed by atoms with E-state index in [1.807, 2.05) is 39.0 Å². The average molecular weight is 289 g/mol. The zero-order chi connectivity index (χ0) is 15.6. The molecule has 0 heterocycles. The topological polar surface area (TPSA) is 66.4 Å². The van der Waals surface area contributed by atoms with Gasteiger partial charge in [0.15, 0.2) is 0 Å². The summed E-state index contributed by atoms with van der Waals surface area (Å²) in [4.78, 5) is 23.8.